The molecule has 0 aliphatic heterocycles. The van der Waals surface area contributed by atoms with Crippen molar-refractivity contribution in [1.82, 2.24) is 0 Å². The Kier molecular flexibility index (Phi) is 7.70. The van der Waals surface area contributed by atoms with Gasteiger partial charge in [0.25, 0.3) is 0 Å². The molecule has 0 N–H and O–H groups in total. The highest BCUT2D eigenvalue weighted by molar-refractivity contribution is 4.98. The maximum atomic E-state index is 13.2. The van der Waals surface area contributed by atoms with Gasteiger partial charge in [-0.25, -0.2) is 0 Å². The minimum absolute atomic E-state index is 0.102. The molecule has 2 saturated carbocycles. The summed E-state index contributed by atoms with van der Waals surface area (Å²) in [4.78, 5) is 0. The molecule has 0 aromatic rings. The molecule has 2 aliphatic rings. The van der Waals surface area contributed by atoms with E-state index in [0.29, 0.717) is 0 Å². The molecule has 0 unspecified atom stereocenters. The summed E-state index contributed by atoms with van der Waals surface area (Å²) in [7, 11) is 0. The zero-order valence-corrected chi connectivity index (χ0v) is 17.9. The Morgan fingerprint density at radius 3 is 0.818 bits per heavy atom. The number of halogens is 12. The fourth-order valence-electron chi connectivity index (χ4n) is 5.07. The van der Waals surface area contributed by atoms with E-state index in [1.165, 1.54) is 0 Å². The molecule has 0 aromatic heterocycles. The molecule has 0 heterocycles. The highest BCUT2D eigenvalue weighted by Crippen LogP contribution is 2.59. The van der Waals surface area contributed by atoms with Crippen molar-refractivity contribution in [2.24, 2.45) is 22.7 Å². The van der Waals surface area contributed by atoms with Gasteiger partial charge in [-0.2, -0.15) is 52.7 Å². The lowest BCUT2D eigenvalue weighted by Crippen LogP contribution is -2.54. The van der Waals surface area contributed by atoms with E-state index in [1.807, 2.05) is 0 Å². The summed E-state index contributed by atoms with van der Waals surface area (Å²) in [6, 6.07) is 0. The van der Waals surface area contributed by atoms with Gasteiger partial charge in [0.05, 0.1) is 12.2 Å². The second-order valence-electron chi connectivity index (χ2n) is 9.48. The topological polar surface area (TPSA) is 9.23 Å². The van der Waals surface area contributed by atoms with E-state index in [0.717, 1.165) is 0 Å². The minimum atomic E-state index is -5.49. The first-order valence-electron chi connectivity index (χ1n) is 10.6. The van der Waals surface area contributed by atoms with Crippen molar-refractivity contribution >= 4 is 0 Å². The summed E-state index contributed by atoms with van der Waals surface area (Å²) in [6.45, 7) is 0.275. The zero-order chi connectivity index (χ0) is 25.7. The molecule has 0 amide bonds. The summed E-state index contributed by atoms with van der Waals surface area (Å²) in [5.74, 6) is -3.40. The number of rotatable bonds is 4. The van der Waals surface area contributed by atoms with Gasteiger partial charge in [-0.05, 0) is 77.0 Å². The van der Waals surface area contributed by atoms with Crippen molar-refractivity contribution in [1.29, 1.82) is 0 Å². The van der Waals surface area contributed by atoms with E-state index >= 15 is 0 Å². The number of ether oxygens (including phenoxy) is 1. The van der Waals surface area contributed by atoms with E-state index in [9.17, 15) is 52.7 Å². The van der Waals surface area contributed by atoms with Gasteiger partial charge in [-0.15, -0.1) is 0 Å². The molecule has 13 heteroatoms. The molecule has 2 fully saturated rings. The van der Waals surface area contributed by atoms with Crippen LogP contribution in [0, 0.1) is 22.7 Å². The van der Waals surface area contributed by atoms with Crippen LogP contribution in [-0.4, -0.2) is 36.9 Å². The lowest BCUT2D eigenvalue weighted by atomic mass is 9.67. The maximum absolute atomic E-state index is 13.2. The quantitative estimate of drug-likeness (QED) is 0.345. The molecule has 0 bridgehead atoms. The molecule has 2 rings (SSSR count). The maximum Gasteiger partial charge on any atom is 0.403 e. The van der Waals surface area contributed by atoms with Crippen molar-refractivity contribution in [3.8, 4) is 0 Å². The van der Waals surface area contributed by atoms with Gasteiger partial charge < -0.3 is 4.74 Å². The second kappa shape index (κ2) is 8.96. The molecule has 2 aliphatic carbocycles. The van der Waals surface area contributed by atoms with Gasteiger partial charge in [-0.1, -0.05) is 0 Å². The molecule has 1 nitrogen and oxygen atoms in total. The van der Waals surface area contributed by atoms with Crippen molar-refractivity contribution < 1.29 is 57.4 Å². The Morgan fingerprint density at radius 1 is 0.424 bits per heavy atom. The van der Waals surface area contributed by atoms with Crippen LogP contribution in [0.15, 0.2) is 0 Å². The van der Waals surface area contributed by atoms with Gasteiger partial charge >= 0.3 is 24.7 Å². The SMILES string of the molecule is CC(C1CCC(OC2CCC(C(C)(C(F)(F)F)C(F)(F)F)CC2)CC1)(C(F)(F)F)C(F)(F)F. The van der Waals surface area contributed by atoms with E-state index in [1.54, 1.807) is 0 Å². The van der Waals surface area contributed by atoms with E-state index in [4.69, 9.17) is 4.74 Å². The van der Waals surface area contributed by atoms with Gasteiger partial charge in [0.1, 0.15) is 0 Å². The fraction of sp³-hybridized carbons (Fsp3) is 1.00. The van der Waals surface area contributed by atoms with Crippen molar-refractivity contribution in [3.63, 3.8) is 0 Å². The van der Waals surface area contributed by atoms with Crippen LogP contribution in [0.3, 0.4) is 0 Å². The molecule has 0 aromatic carbocycles. The molecule has 196 valence electrons. The molecule has 33 heavy (non-hydrogen) atoms. The van der Waals surface area contributed by atoms with E-state index in [2.05, 4.69) is 0 Å². The lowest BCUT2D eigenvalue weighted by Gasteiger charge is -2.45. The predicted molar refractivity (Wildman–Crippen MR) is 93.0 cm³/mol. The van der Waals surface area contributed by atoms with E-state index < -0.39 is 85.3 Å². The molecular weight excluding hydrogens is 484 g/mol. The number of alkyl halides is 12. The van der Waals surface area contributed by atoms with E-state index in [-0.39, 0.29) is 39.5 Å². The second-order valence-corrected chi connectivity index (χ2v) is 9.48. The Morgan fingerprint density at radius 2 is 0.636 bits per heavy atom. The van der Waals surface area contributed by atoms with Crippen LogP contribution in [0.25, 0.3) is 0 Å². The average molecular weight is 510 g/mol. The molecule has 0 atom stereocenters. The van der Waals surface area contributed by atoms with Crippen LogP contribution in [0.5, 0.6) is 0 Å². The van der Waals surface area contributed by atoms with Gasteiger partial charge in [0.15, 0.2) is 10.8 Å². The normalized spacial score (nSPS) is 29.3. The third-order valence-electron chi connectivity index (χ3n) is 7.72. The highest BCUT2D eigenvalue weighted by Gasteiger charge is 2.71. The molecule has 0 saturated heterocycles. The Bertz CT molecular complexity index is 560. The Labute approximate surface area is 183 Å². The minimum Gasteiger partial charge on any atom is -0.375 e. The van der Waals surface area contributed by atoms with Crippen molar-refractivity contribution in [2.75, 3.05) is 0 Å². The number of hydrogen-bond donors (Lipinski definition) is 0. The third kappa shape index (κ3) is 5.22. The predicted octanol–water partition coefficient (Wildman–Crippen LogP) is 8.38. The molecule has 0 spiro atoms. The summed E-state index contributed by atoms with van der Waals surface area (Å²) >= 11 is 0. The van der Waals surface area contributed by atoms with Crippen LogP contribution in [0.1, 0.15) is 65.2 Å². The average Bonchev–Trinajstić information content (AvgIpc) is 2.64. The number of hydrogen-bond acceptors (Lipinski definition) is 1. The monoisotopic (exact) mass is 510 g/mol. The van der Waals surface area contributed by atoms with Crippen LogP contribution >= 0.6 is 0 Å². The molecular formula is C20H26F12O. The smallest absolute Gasteiger partial charge is 0.375 e. The first-order chi connectivity index (χ1) is 14.7. The van der Waals surface area contributed by atoms with Crippen molar-refractivity contribution in [2.45, 2.75) is 102 Å². The third-order valence-corrected chi connectivity index (χ3v) is 7.72. The largest absolute Gasteiger partial charge is 0.403 e. The zero-order valence-electron chi connectivity index (χ0n) is 17.9. The fourth-order valence-corrected chi connectivity index (χ4v) is 5.07. The highest BCUT2D eigenvalue weighted by atomic mass is 19.4. The Hall–Kier alpha value is -0.880. The summed E-state index contributed by atoms with van der Waals surface area (Å²) in [6.07, 6.45) is -25.4. The Balaban J connectivity index is 1.96. The van der Waals surface area contributed by atoms with Gasteiger partial charge in [0.2, 0.25) is 0 Å². The lowest BCUT2D eigenvalue weighted by molar-refractivity contribution is -0.355. The summed E-state index contributed by atoms with van der Waals surface area (Å²) in [5, 5.41) is 0. The molecule has 0 radical (unpaired) electrons. The van der Waals surface area contributed by atoms with Crippen LogP contribution in [0.2, 0.25) is 0 Å². The summed E-state index contributed by atoms with van der Waals surface area (Å²) in [5.41, 5.74) is -7.74. The van der Waals surface area contributed by atoms with Crippen LogP contribution < -0.4 is 0 Å². The van der Waals surface area contributed by atoms with Crippen molar-refractivity contribution in [3.05, 3.63) is 0 Å². The van der Waals surface area contributed by atoms with Crippen LogP contribution in [-0.2, 0) is 4.74 Å². The van der Waals surface area contributed by atoms with Crippen LogP contribution in [0.4, 0.5) is 52.7 Å². The first-order valence-corrected chi connectivity index (χ1v) is 10.6. The standard InChI is InChI=1S/C20H26F12O/c1-15(17(21,22)23,18(24,25)26)11-3-7-13(8-4-11)33-14-9-5-12(6-10-14)16(2,19(27,28)29)20(30,31)32/h11-14H,3-10H2,1-2H3. The summed E-state index contributed by atoms with van der Waals surface area (Å²) < 4.78 is 165. The van der Waals surface area contributed by atoms with Gasteiger partial charge in [-0.3, -0.25) is 0 Å². The first kappa shape index (κ1) is 28.4. The van der Waals surface area contributed by atoms with Gasteiger partial charge in [0, 0.05) is 0 Å².